The van der Waals surface area contributed by atoms with E-state index in [1.165, 1.54) is 4.31 Å². The highest BCUT2D eigenvalue weighted by Crippen LogP contribution is 2.14. The van der Waals surface area contributed by atoms with Gasteiger partial charge >= 0.3 is 5.97 Å². The maximum atomic E-state index is 12.3. The normalized spacial score (nSPS) is 20.3. The Kier molecular flexibility index (Phi) is 5.33. The molecule has 0 radical (unpaired) electrons. The summed E-state index contributed by atoms with van der Waals surface area (Å²) in [5.41, 5.74) is 0.969. The third kappa shape index (κ3) is 4.80. The van der Waals surface area contributed by atoms with Gasteiger partial charge in [-0.2, -0.15) is 4.31 Å². The number of hydrogen-bond donors (Lipinski definition) is 1. The fourth-order valence-electron chi connectivity index (χ4n) is 2.28. The summed E-state index contributed by atoms with van der Waals surface area (Å²) in [6.45, 7) is 0.638. The molecule has 1 aromatic carbocycles. The molecule has 1 saturated heterocycles. The Labute approximate surface area is 124 Å². The molecule has 1 aliphatic heterocycles. The maximum absolute atomic E-state index is 12.3. The Balaban J connectivity index is 1.93. The molecule has 7 heteroatoms. The monoisotopic (exact) mass is 313 g/mol. The van der Waals surface area contributed by atoms with E-state index < -0.39 is 22.1 Å². The van der Waals surface area contributed by atoms with E-state index >= 15 is 0 Å². The van der Waals surface area contributed by atoms with Gasteiger partial charge in [0.25, 0.3) is 0 Å². The number of carboxylic acids is 1. The van der Waals surface area contributed by atoms with Crippen LogP contribution in [-0.2, 0) is 26.0 Å². The van der Waals surface area contributed by atoms with Gasteiger partial charge in [-0.1, -0.05) is 30.3 Å². The van der Waals surface area contributed by atoms with Crippen LogP contribution in [0.3, 0.4) is 0 Å². The van der Waals surface area contributed by atoms with E-state index in [1.807, 2.05) is 30.3 Å². The zero-order valence-corrected chi connectivity index (χ0v) is 12.5. The number of benzene rings is 1. The highest BCUT2D eigenvalue weighted by atomic mass is 32.2. The molecule has 0 saturated carbocycles. The number of ether oxygens (including phenoxy) is 1. The number of carbonyl (C=O) groups is 1. The van der Waals surface area contributed by atoms with E-state index in [0.717, 1.165) is 5.56 Å². The number of sulfonamides is 1. The minimum atomic E-state index is -3.39. The highest BCUT2D eigenvalue weighted by molar-refractivity contribution is 7.89. The number of aryl methyl sites for hydroxylation is 1. The average molecular weight is 313 g/mol. The largest absolute Gasteiger partial charge is 0.481 e. The molecule has 0 aromatic heterocycles. The lowest BCUT2D eigenvalue weighted by Gasteiger charge is -2.31. The van der Waals surface area contributed by atoms with Crippen LogP contribution in [0.1, 0.15) is 12.0 Å². The molecule has 1 N–H and O–H groups in total. The van der Waals surface area contributed by atoms with Crippen LogP contribution in [0.4, 0.5) is 0 Å². The van der Waals surface area contributed by atoms with E-state index in [9.17, 15) is 13.2 Å². The Morgan fingerprint density at radius 1 is 1.33 bits per heavy atom. The third-order valence-electron chi connectivity index (χ3n) is 3.39. The molecule has 0 aliphatic carbocycles. The Bertz CT molecular complexity index is 572. The van der Waals surface area contributed by atoms with Crippen LogP contribution in [0, 0.1) is 0 Å². The molecule has 1 unspecified atom stereocenters. The molecule has 1 aromatic rings. The fraction of sp³-hybridized carbons (Fsp3) is 0.500. The first-order chi connectivity index (χ1) is 9.97. The summed E-state index contributed by atoms with van der Waals surface area (Å²) in [5.74, 6) is -0.958. The summed E-state index contributed by atoms with van der Waals surface area (Å²) in [5, 5.41) is 8.76. The van der Waals surface area contributed by atoms with E-state index in [-0.39, 0.29) is 31.9 Å². The van der Waals surface area contributed by atoms with Gasteiger partial charge < -0.3 is 9.84 Å². The van der Waals surface area contributed by atoms with Crippen molar-refractivity contribution in [3.05, 3.63) is 35.9 Å². The second kappa shape index (κ2) is 7.02. The first-order valence-corrected chi connectivity index (χ1v) is 8.43. The maximum Gasteiger partial charge on any atom is 0.306 e. The lowest BCUT2D eigenvalue weighted by Crippen LogP contribution is -2.47. The Morgan fingerprint density at radius 2 is 2.05 bits per heavy atom. The van der Waals surface area contributed by atoms with Gasteiger partial charge in [0, 0.05) is 13.1 Å². The zero-order valence-electron chi connectivity index (χ0n) is 11.6. The van der Waals surface area contributed by atoms with Gasteiger partial charge in [0.15, 0.2) is 0 Å². The van der Waals surface area contributed by atoms with Gasteiger partial charge in [-0.15, -0.1) is 0 Å². The minimum Gasteiger partial charge on any atom is -0.481 e. The molecule has 1 fully saturated rings. The van der Waals surface area contributed by atoms with Crippen LogP contribution in [-0.4, -0.2) is 55.4 Å². The van der Waals surface area contributed by atoms with Crippen LogP contribution in [0.5, 0.6) is 0 Å². The van der Waals surface area contributed by atoms with E-state index in [0.29, 0.717) is 6.42 Å². The van der Waals surface area contributed by atoms with Crippen molar-refractivity contribution in [3.8, 4) is 0 Å². The quantitative estimate of drug-likeness (QED) is 0.837. The number of hydrogen-bond acceptors (Lipinski definition) is 4. The molecule has 1 heterocycles. The summed E-state index contributed by atoms with van der Waals surface area (Å²) in [7, 11) is -3.39. The third-order valence-corrected chi connectivity index (χ3v) is 5.23. The predicted molar refractivity (Wildman–Crippen MR) is 77.5 cm³/mol. The predicted octanol–water partition coefficient (Wildman–Crippen LogP) is 0.734. The topological polar surface area (TPSA) is 83.9 Å². The summed E-state index contributed by atoms with van der Waals surface area (Å²) >= 11 is 0. The van der Waals surface area contributed by atoms with Crippen molar-refractivity contribution < 1.29 is 23.1 Å². The van der Waals surface area contributed by atoms with Crippen molar-refractivity contribution in [2.75, 3.05) is 25.4 Å². The second-order valence-electron chi connectivity index (χ2n) is 5.00. The van der Waals surface area contributed by atoms with Crippen LogP contribution in [0.15, 0.2) is 30.3 Å². The Morgan fingerprint density at radius 3 is 2.71 bits per heavy atom. The first-order valence-electron chi connectivity index (χ1n) is 6.82. The van der Waals surface area contributed by atoms with Crippen LogP contribution in [0.25, 0.3) is 0 Å². The van der Waals surface area contributed by atoms with Crippen molar-refractivity contribution >= 4 is 16.0 Å². The second-order valence-corrected chi connectivity index (χ2v) is 7.09. The van der Waals surface area contributed by atoms with Crippen LogP contribution < -0.4 is 0 Å². The molecular weight excluding hydrogens is 294 g/mol. The molecule has 0 spiro atoms. The van der Waals surface area contributed by atoms with Gasteiger partial charge in [0.05, 0.1) is 24.9 Å². The number of morpholine rings is 1. The zero-order chi connectivity index (χ0) is 15.3. The lowest BCUT2D eigenvalue weighted by molar-refractivity contribution is -0.141. The van der Waals surface area contributed by atoms with Crippen molar-refractivity contribution in [3.63, 3.8) is 0 Å². The van der Waals surface area contributed by atoms with Crippen molar-refractivity contribution in [2.24, 2.45) is 0 Å². The van der Waals surface area contributed by atoms with Gasteiger partial charge in [-0.05, 0) is 12.0 Å². The SMILES string of the molecule is O=C(O)CC1CN(S(=O)(=O)CCc2ccccc2)CCO1. The van der Waals surface area contributed by atoms with Crippen molar-refractivity contribution in [2.45, 2.75) is 18.9 Å². The molecule has 1 aliphatic rings. The number of rotatable bonds is 6. The average Bonchev–Trinajstić information content (AvgIpc) is 2.46. The number of carboxylic acid groups (broad SMARTS) is 1. The van der Waals surface area contributed by atoms with Crippen LogP contribution in [0.2, 0.25) is 0 Å². The molecule has 21 heavy (non-hydrogen) atoms. The van der Waals surface area contributed by atoms with Gasteiger partial charge in [0.2, 0.25) is 10.0 Å². The summed E-state index contributed by atoms with van der Waals surface area (Å²) < 4.78 is 31.3. The molecule has 116 valence electrons. The summed E-state index contributed by atoms with van der Waals surface area (Å²) in [6, 6.07) is 9.42. The van der Waals surface area contributed by atoms with Crippen molar-refractivity contribution in [1.82, 2.24) is 4.31 Å². The Hall–Kier alpha value is -1.44. The van der Waals surface area contributed by atoms with Gasteiger partial charge in [-0.3, -0.25) is 4.79 Å². The summed E-state index contributed by atoms with van der Waals surface area (Å²) in [6.07, 6.45) is -0.294. The molecular formula is C14H19NO5S. The molecule has 1 atom stereocenters. The number of nitrogens with zero attached hydrogens (tertiary/aromatic N) is 1. The van der Waals surface area contributed by atoms with E-state index in [2.05, 4.69) is 0 Å². The fourth-order valence-corrected chi connectivity index (χ4v) is 3.78. The lowest BCUT2D eigenvalue weighted by atomic mass is 10.2. The van der Waals surface area contributed by atoms with Gasteiger partial charge in [0.1, 0.15) is 0 Å². The van der Waals surface area contributed by atoms with Gasteiger partial charge in [-0.25, -0.2) is 8.42 Å². The molecule has 0 bridgehead atoms. The highest BCUT2D eigenvalue weighted by Gasteiger charge is 2.30. The summed E-state index contributed by atoms with van der Waals surface area (Å²) in [4.78, 5) is 10.7. The van der Waals surface area contributed by atoms with E-state index in [1.54, 1.807) is 0 Å². The molecule has 6 nitrogen and oxygen atoms in total. The standard InChI is InChI=1S/C14H19NO5S/c16-14(17)10-13-11-15(7-8-20-13)21(18,19)9-6-12-4-2-1-3-5-12/h1-5,13H,6-11H2,(H,16,17). The first kappa shape index (κ1) is 15.9. The van der Waals surface area contributed by atoms with Crippen molar-refractivity contribution in [1.29, 1.82) is 0 Å². The van der Waals surface area contributed by atoms with Crippen LogP contribution >= 0.6 is 0 Å². The van der Waals surface area contributed by atoms with E-state index in [4.69, 9.17) is 9.84 Å². The molecule has 0 amide bonds. The smallest absolute Gasteiger partial charge is 0.306 e. The molecule has 2 rings (SSSR count). The number of aliphatic carboxylic acids is 1. The minimum absolute atomic E-state index is 0.0246.